The van der Waals surface area contributed by atoms with Crippen LogP contribution in [0.2, 0.25) is 0 Å². The average Bonchev–Trinajstić information content (AvgIpc) is 2.99. The molecule has 1 amide bonds. The van der Waals surface area contributed by atoms with Crippen molar-refractivity contribution in [2.24, 2.45) is 0 Å². The van der Waals surface area contributed by atoms with Gasteiger partial charge >= 0.3 is 5.97 Å². The predicted octanol–water partition coefficient (Wildman–Crippen LogP) is 1.90. The summed E-state index contributed by atoms with van der Waals surface area (Å²) in [6.45, 7) is 1.98. The molecule has 0 radical (unpaired) electrons. The zero-order valence-electron chi connectivity index (χ0n) is 9.60. The summed E-state index contributed by atoms with van der Waals surface area (Å²) in [5, 5.41) is 10.7. The lowest BCUT2D eigenvalue weighted by Crippen LogP contribution is -2.14. The van der Waals surface area contributed by atoms with Gasteiger partial charge in [-0.05, 0) is 18.4 Å². The molecule has 0 aliphatic rings. The number of H-pyrrole nitrogens is 1. The Morgan fingerprint density at radius 2 is 2.39 bits per heavy atom. The molecule has 2 N–H and O–H groups in total. The van der Waals surface area contributed by atoms with Gasteiger partial charge in [-0.25, -0.2) is 4.79 Å². The molecule has 0 aliphatic carbocycles. The fourth-order valence-electron chi connectivity index (χ4n) is 1.33. The maximum absolute atomic E-state index is 11.8. The molecule has 2 aromatic rings. The number of aromatic nitrogens is 2. The van der Waals surface area contributed by atoms with Crippen molar-refractivity contribution in [2.45, 2.75) is 6.92 Å². The third-order valence-corrected chi connectivity index (χ3v) is 2.99. The smallest absolute Gasteiger partial charge is 0.343 e. The highest BCUT2D eigenvalue weighted by Gasteiger charge is 2.17. The summed E-state index contributed by atoms with van der Waals surface area (Å²) < 4.78 is 4.85. The van der Waals surface area contributed by atoms with Crippen LogP contribution >= 0.6 is 11.3 Å². The number of hydrogen-bond donors (Lipinski definition) is 2. The van der Waals surface area contributed by atoms with Gasteiger partial charge in [0.2, 0.25) is 0 Å². The molecule has 0 spiro atoms. The van der Waals surface area contributed by atoms with Crippen LogP contribution in [0.4, 0.5) is 5.82 Å². The molecule has 0 bridgehead atoms. The molecule has 2 heterocycles. The first-order valence-electron chi connectivity index (χ1n) is 5.27. The monoisotopic (exact) mass is 265 g/mol. The maximum Gasteiger partial charge on any atom is 0.343 e. The molecule has 0 unspecified atom stereocenters. The first kappa shape index (κ1) is 12.3. The van der Waals surface area contributed by atoms with Crippen LogP contribution in [0.15, 0.2) is 23.7 Å². The number of amides is 1. The number of anilines is 1. The molecule has 7 heteroatoms. The minimum Gasteiger partial charge on any atom is -0.462 e. The SMILES string of the molecule is CCOC(=O)c1cn[nH]c1NC(=O)c1cccs1. The van der Waals surface area contributed by atoms with E-state index in [2.05, 4.69) is 15.5 Å². The van der Waals surface area contributed by atoms with Gasteiger partial charge in [0, 0.05) is 0 Å². The number of carbonyl (C=O) groups is 2. The fraction of sp³-hybridized carbons (Fsp3) is 0.182. The number of nitrogens with zero attached hydrogens (tertiary/aromatic N) is 1. The zero-order valence-corrected chi connectivity index (χ0v) is 10.4. The van der Waals surface area contributed by atoms with Crippen LogP contribution in [0, 0.1) is 0 Å². The Morgan fingerprint density at radius 3 is 3.06 bits per heavy atom. The van der Waals surface area contributed by atoms with Gasteiger partial charge < -0.3 is 10.1 Å². The lowest BCUT2D eigenvalue weighted by Gasteiger charge is -2.04. The van der Waals surface area contributed by atoms with Gasteiger partial charge in [0.25, 0.3) is 5.91 Å². The molecule has 0 saturated carbocycles. The summed E-state index contributed by atoms with van der Waals surface area (Å²) >= 11 is 1.31. The van der Waals surface area contributed by atoms with Crippen LogP contribution in [-0.2, 0) is 4.74 Å². The number of nitrogens with one attached hydrogen (secondary N) is 2. The summed E-state index contributed by atoms with van der Waals surface area (Å²) in [5.74, 6) is -0.570. The van der Waals surface area contributed by atoms with Gasteiger partial charge in [-0.15, -0.1) is 11.3 Å². The van der Waals surface area contributed by atoms with Gasteiger partial charge in [0.05, 0.1) is 17.7 Å². The summed E-state index contributed by atoms with van der Waals surface area (Å²) in [6.07, 6.45) is 1.32. The van der Waals surface area contributed by atoms with Crippen molar-refractivity contribution in [3.05, 3.63) is 34.2 Å². The minimum absolute atomic E-state index is 0.210. The van der Waals surface area contributed by atoms with E-state index in [1.807, 2.05) is 0 Å². The molecule has 0 aromatic carbocycles. The second-order valence-electron chi connectivity index (χ2n) is 3.31. The second-order valence-corrected chi connectivity index (χ2v) is 4.26. The lowest BCUT2D eigenvalue weighted by molar-refractivity contribution is 0.0527. The number of hydrogen-bond acceptors (Lipinski definition) is 5. The Hall–Kier alpha value is -2.15. The largest absolute Gasteiger partial charge is 0.462 e. The van der Waals surface area contributed by atoms with E-state index in [1.165, 1.54) is 17.5 Å². The maximum atomic E-state index is 11.8. The Kier molecular flexibility index (Phi) is 3.73. The quantitative estimate of drug-likeness (QED) is 0.827. The zero-order chi connectivity index (χ0) is 13.0. The van der Waals surface area contributed by atoms with E-state index in [0.717, 1.165) is 0 Å². The average molecular weight is 265 g/mol. The van der Waals surface area contributed by atoms with Gasteiger partial charge in [0.1, 0.15) is 11.4 Å². The minimum atomic E-state index is -0.521. The second kappa shape index (κ2) is 5.46. The Labute approximate surface area is 107 Å². The van der Waals surface area contributed by atoms with E-state index < -0.39 is 5.97 Å². The summed E-state index contributed by atoms with van der Waals surface area (Å²) in [6, 6.07) is 3.47. The third kappa shape index (κ3) is 2.57. The summed E-state index contributed by atoms with van der Waals surface area (Å²) in [5.41, 5.74) is 0.210. The van der Waals surface area contributed by atoms with E-state index in [4.69, 9.17) is 4.74 Å². The van der Waals surface area contributed by atoms with E-state index in [1.54, 1.807) is 24.4 Å². The van der Waals surface area contributed by atoms with Crippen LogP contribution in [0.25, 0.3) is 0 Å². The van der Waals surface area contributed by atoms with Crippen molar-refractivity contribution in [2.75, 3.05) is 11.9 Å². The van der Waals surface area contributed by atoms with Crippen molar-refractivity contribution < 1.29 is 14.3 Å². The predicted molar refractivity (Wildman–Crippen MR) is 66.8 cm³/mol. The highest BCUT2D eigenvalue weighted by atomic mass is 32.1. The van der Waals surface area contributed by atoms with Crippen LogP contribution < -0.4 is 5.32 Å². The molecule has 6 nitrogen and oxygen atoms in total. The molecule has 2 rings (SSSR count). The number of ether oxygens (including phenoxy) is 1. The molecule has 94 valence electrons. The van der Waals surface area contributed by atoms with Crippen molar-refractivity contribution in [1.82, 2.24) is 10.2 Å². The molecule has 18 heavy (non-hydrogen) atoms. The normalized spacial score (nSPS) is 10.1. The van der Waals surface area contributed by atoms with Crippen LogP contribution in [0.3, 0.4) is 0 Å². The molecule has 0 aliphatic heterocycles. The van der Waals surface area contributed by atoms with Crippen molar-refractivity contribution in [3.63, 3.8) is 0 Å². The molecule has 0 fully saturated rings. The van der Waals surface area contributed by atoms with E-state index >= 15 is 0 Å². The van der Waals surface area contributed by atoms with Gasteiger partial charge in [-0.1, -0.05) is 6.07 Å². The molecular weight excluding hydrogens is 254 g/mol. The Balaban J connectivity index is 2.13. The Bertz CT molecular complexity index is 548. The standard InChI is InChI=1S/C11H11N3O3S/c1-2-17-11(16)7-6-12-14-9(7)13-10(15)8-4-3-5-18-8/h3-6H,2H2,1H3,(H2,12,13,14,15). The van der Waals surface area contributed by atoms with Gasteiger partial charge in [0.15, 0.2) is 0 Å². The van der Waals surface area contributed by atoms with E-state index in [0.29, 0.717) is 4.88 Å². The van der Waals surface area contributed by atoms with Crippen molar-refractivity contribution >= 4 is 29.0 Å². The Morgan fingerprint density at radius 1 is 1.56 bits per heavy atom. The number of thiophene rings is 1. The lowest BCUT2D eigenvalue weighted by atomic mass is 10.3. The van der Waals surface area contributed by atoms with Gasteiger partial charge in [-0.2, -0.15) is 5.10 Å². The highest BCUT2D eigenvalue weighted by Crippen LogP contribution is 2.15. The fourth-order valence-corrected chi connectivity index (χ4v) is 1.95. The van der Waals surface area contributed by atoms with E-state index in [9.17, 15) is 9.59 Å². The molecular formula is C11H11N3O3S. The topological polar surface area (TPSA) is 84.1 Å². The number of aromatic amines is 1. The first-order chi connectivity index (χ1) is 8.72. The van der Waals surface area contributed by atoms with Gasteiger partial charge in [-0.3, -0.25) is 9.89 Å². The summed E-state index contributed by atoms with van der Waals surface area (Å²) in [7, 11) is 0. The summed E-state index contributed by atoms with van der Waals surface area (Å²) in [4.78, 5) is 23.9. The highest BCUT2D eigenvalue weighted by molar-refractivity contribution is 7.12. The number of esters is 1. The van der Waals surface area contributed by atoms with Crippen LogP contribution in [0.5, 0.6) is 0 Å². The van der Waals surface area contributed by atoms with Crippen molar-refractivity contribution in [3.8, 4) is 0 Å². The molecule has 2 aromatic heterocycles. The van der Waals surface area contributed by atoms with Crippen LogP contribution in [0.1, 0.15) is 27.0 Å². The third-order valence-electron chi connectivity index (χ3n) is 2.12. The first-order valence-corrected chi connectivity index (χ1v) is 6.15. The molecule has 0 saturated heterocycles. The number of carbonyl (C=O) groups excluding carboxylic acids is 2. The number of rotatable bonds is 4. The van der Waals surface area contributed by atoms with Crippen molar-refractivity contribution in [1.29, 1.82) is 0 Å². The van der Waals surface area contributed by atoms with Crippen LogP contribution in [-0.4, -0.2) is 28.7 Å². The molecule has 0 atom stereocenters. The van der Waals surface area contributed by atoms with E-state index in [-0.39, 0.29) is 23.9 Å².